The summed E-state index contributed by atoms with van der Waals surface area (Å²) < 4.78 is 7.77. The maximum atomic E-state index is 12.7. The van der Waals surface area contributed by atoms with Crippen molar-refractivity contribution in [3.8, 4) is 5.69 Å². The maximum absolute atomic E-state index is 12.7. The molecule has 0 amide bonds. The predicted molar refractivity (Wildman–Crippen MR) is 86.9 cm³/mol. The number of benzene rings is 1. The summed E-state index contributed by atoms with van der Waals surface area (Å²) in [5.41, 5.74) is 0.800. The lowest BCUT2D eigenvalue weighted by Gasteiger charge is -2.15. The van der Waals surface area contributed by atoms with Gasteiger partial charge in [0.05, 0.1) is 12.3 Å². The van der Waals surface area contributed by atoms with E-state index >= 15 is 0 Å². The van der Waals surface area contributed by atoms with Gasteiger partial charge >= 0.3 is 5.97 Å². The van der Waals surface area contributed by atoms with Gasteiger partial charge in [-0.25, -0.2) is 9.78 Å². The van der Waals surface area contributed by atoms with E-state index in [4.69, 9.17) is 4.74 Å². The van der Waals surface area contributed by atoms with Gasteiger partial charge in [-0.1, -0.05) is 30.3 Å². The Balaban J connectivity index is 2.10. The number of carbonyl (C=O) groups excluding carboxylic acids is 1. The number of nitrogens with zero attached hydrogens (tertiary/aromatic N) is 5. The molecule has 8 nitrogen and oxygen atoms in total. The monoisotopic (exact) mass is 327 g/mol. The summed E-state index contributed by atoms with van der Waals surface area (Å²) in [5, 5.41) is 7.95. The molecule has 0 saturated carbocycles. The molecule has 0 fully saturated rings. The lowest BCUT2D eigenvalue weighted by Crippen LogP contribution is -2.31. The first-order valence-electron chi connectivity index (χ1n) is 7.72. The normalized spacial score (nSPS) is 12.2. The maximum Gasteiger partial charge on any atom is 0.329 e. The number of aromatic nitrogens is 5. The molecule has 0 N–H and O–H groups in total. The average molecular weight is 327 g/mol. The van der Waals surface area contributed by atoms with Crippen molar-refractivity contribution >= 4 is 17.1 Å². The molecule has 3 aromatic rings. The van der Waals surface area contributed by atoms with Crippen molar-refractivity contribution in [3.63, 3.8) is 0 Å². The molecule has 3 rings (SSSR count). The number of rotatable bonds is 5. The van der Waals surface area contributed by atoms with Crippen molar-refractivity contribution in [1.82, 2.24) is 24.5 Å². The predicted octanol–water partition coefficient (Wildman–Crippen LogP) is 1.49. The van der Waals surface area contributed by atoms with Crippen molar-refractivity contribution in [2.24, 2.45) is 0 Å². The molecule has 0 radical (unpaired) electrons. The molecule has 0 saturated heterocycles. The number of esters is 1. The topological polar surface area (TPSA) is 91.9 Å². The molecule has 24 heavy (non-hydrogen) atoms. The Morgan fingerprint density at radius 1 is 1.25 bits per heavy atom. The van der Waals surface area contributed by atoms with E-state index in [9.17, 15) is 9.59 Å². The quantitative estimate of drug-likeness (QED) is 0.659. The first-order chi connectivity index (χ1) is 11.7. The molecule has 0 spiro atoms. The number of hydrogen-bond acceptors (Lipinski definition) is 6. The minimum atomic E-state index is -0.726. The number of hydrogen-bond donors (Lipinski definition) is 0. The van der Waals surface area contributed by atoms with Gasteiger partial charge in [0.15, 0.2) is 11.2 Å². The molecule has 1 aromatic carbocycles. The van der Waals surface area contributed by atoms with E-state index in [0.717, 1.165) is 5.69 Å². The zero-order valence-electron chi connectivity index (χ0n) is 13.4. The molecular weight excluding hydrogens is 310 g/mol. The van der Waals surface area contributed by atoms with Crippen LogP contribution in [0.5, 0.6) is 0 Å². The van der Waals surface area contributed by atoms with Crippen LogP contribution in [0, 0.1) is 0 Å². The molecule has 2 aromatic heterocycles. The third-order valence-corrected chi connectivity index (χ3v) is 3.67. The zero-order valence-corrected chi connectivity index (χ0v) is 13.4. The SMILES string of the molecule is CCOC(=O)[C@@H](CC)n1cnc2c(nnn2-c2ccccc2)c1=O. The molecule has 2 heterocycles. The van der Waals surface area contributed by atoms with Crippen molar-refractivity contribution in [3.05, 3.63) is 47.0 Å². The Morgan fingerprint density at radius 3 is 2.67 bits per heavy atom. The van der Waals surface area contributed by atoms with Crippen molar-refractivity contribution in [1.29, 1.82) is 0 Å². The fourth-order valence-electron chi connectivity index (χ4n) is 2.50. The van der Waals surface area contributed by atoms with Crippen LogP contribution in [0.1, 0.15) is 26.3 Å². The summed E-state index contributed by atoms with van der Waals surface area (Å²) in [6.45, 7) is 3.78. The Labute approximate surface area is 137 Å². The van der Waals surface area contributed by atoms with Crippen LogP contribution in [-0.2, 0) is 9.53 Å². The van der Waals surface area contributed by atoms with Gasteiger partial charge in [-0.05, 0) is 25.5 Å². The first-order valence-corrected chi connectivity index (χ1v) is 7.72. The van der Waals surface area contributed by atoms with Gasteiger partial charge in [-0.3, -0.25) is 9.36 Å². The Hall–Kier alpha value is -3.03. The van der Waals surface area contributed by atoms with E-state index in [1.54, 1.807) is 13.8 Å². The second-order valence-corrected chi connectivity index (χ2v) is 5.14. The Bertz CT molecular complexity index is 916. The van der Waals surface area contributed by atoms with Crippen LogP contribution in [0.25, 0.3) is 16.9 Å². The minimum Gasteiger partial charge on any atom is -0.464 e. The van der Waals surface area contributed by atoms with Gasteiger partial charge in [-0.2, -0.15) is 4.68 Å². The molecule has 1 atom stereocenters. The van der Waals surface area contributed by atoms with E-state index in [0.29, 0.717) is 12.1 Å². The zero-order chi connectivity index (χ0) is 17.1. The Morgan fingerprint density at radius 2 is 2.00 bits per heavy atom. The van der Waals surface area contributed by atoms with Crippen LogP contribution in [0.3, 0.4) is 0 Å². The highest BCUT2D eigenvalue weighted by molar-refractivity contribution is 5.75. The standard InChI is InChI=1S/C16H17N5O3/c1-3-12(16(23)24-4-2)20-10-17-14-13(15(20)22)18-19-21(14)11-8-6-5-7-9-11/h5-10,12H,3-4H2,1-2H3/t12-/m1/s1. The van der Waals surface area contributed by atoms with Crippen LogP contribution in [0.2, 0.25) is 0 Å². The molecule has 0 bridgehead atoms. The lowest BCUT2D eigenvalue weighted by atomic mass is 10.2. The largest absolute Gasteiger partial charge is 0.464 e. The number of fused-ring (bicyclic) bond motifs is 1. The van der Waals surface area contributed by atoms with Crippen LogP contribution in [0.4, 0.5) is 0 Å². The van der Waals surface area contributed by atoms with Crippen LogP contribution in [0.15, 0.2) is 41.5 Å². The molecule has 0 aliphatic carbocycles. The second-order valence-electron chi connectivity index (χ2n) is 5.14. The van der Waals surface area contributed by atoms with Gasteiger partial charge < -0.3 is 4.74 Å². The molecule has 0 aliphatic heterocycles. The van der Waals surface area contributed by atoms with Gasteiger partial charge in [-0.15, -0.1) is 5.10 Å². The lowest BCUT2D eigenvalue weighted by molar-refractivity contribution is -0.147. The van der Waals surface area contributed by atoms with Gasteiger partial charge in [0.25, 0.3) is 5.56 Å². The average Bonchev–Trinajstić information content (AvgIpc) is 3.03. The molecule has 0 unspecified atom stereocenters. The molecule has 0 aliphatic rings. The Kier molecular flexibility index (Phi) is 4.37. The molecule has 8 heteroatoms. The van der Waals surface area contributed by atoms with E-state index in [1.807, 2.05) is 30.3 Å². The van der Waals surface area contributed by atoms with E-state index in [-0.39, 0.29) is 12.1 Å². The van der Waals surface area contributed by atoms with Gasteiger partial charge in [0.1, 0.15) is 12.4 Å². The highest BCUT2D eigenvalue weighted by atomic mass is 16.5. The van der Waals surface area contributed by atoms with Crippen LogP contribution in [-0.4, -0.2) is 37.1 Å². The summed E-state index contributed by atoms with van der Waals surface area (Å²) in [6.07, 6.45) is 1.76. The number of para-hydroxylation sites is 1. The summed E-state index contributed by atoms with van der Waals surface area (Å²) in [7, 11) is 0. The summed E-state index contributed by atoms with van der Waals surface area (Å²) in [5.74, 6) is -0.460. The minimum absolute atomic E-state index is 0.115. The molecular formula is C16H17N5O3. The van der Waals surface area contributed by atoms with E-state index < -0.39 is 17.6 Å². The summed E-state index contributed by atoms with van der Waals surface area (Å²) in [6, 6.07) is 8.56. The van der Waals surface area contributed by atoms with Crippen LogP contribution < -0.4 is 5.56 Å². The molecule has 124 valence electrons. The van der Waals surface area contributed by atoms with Gasteiger partial charge in [0, 0.05) is 0 Å². The fourth-order valence-corrected chi connectivity index (χ4v) is 2.50. The highest BCUT2D eigenvalue weighted by Gasteiger charge is 2.23. The first kappa shape index (κ1) is 15.9. The van der Waals surface area contributed by atoms with Crippen molar-refractivity contribution < 1.29 is 9.53 Å². The smallest absolute Gasteiger partial charge is 0.329 e. The third-order valence-electron chi connectivity index (χ3n) is 3.67. The number of ether oxygens (including phenoxy) is 1. The summed E-state index contributed by atoms with van der Waals surface area (Å²) >= 11 is 0. The summed E-state index contributed by atoms with van der Waals surface area (Å²) in [4.78, 5) is 29.0. The number of carbonyl (C=O) groups is 1. The van der Waals surface area contributed by atoms with Crippen molar-refractivity contribution in [2.75, 3.05) is 6.61 Å². The van der Waals surface area contributed by atoms with Crippen LogP contribution >= 0.6 is 0 Å². The van der Waals surface area contributed by atoms with E-state index in [1.165, 1.54) is 15.6 Å². The highest BCUT2D eigenvalue weighted by Crippen LogP contribution is 2.14. The third kappa shape index (κ3) is 2.66. The van der Waals surface area contributed by atoms with Gasteiger partial charge in [0.2, 0.25) is 0 Å². The van der Waals surface area contributed by atoms with E-state index in [2.05, 4.69) is 15.3 Å². The fraction of sp³-hybridized carbons (Fsp3) is 0.312. The van der Waals surface area contributed by atoms with Crippen molar-refractivity contribution in [2.45, 2.75) is 26.3 Å². The second kappa shape index (κ2) is 6.61.